The second-order valence-corrected chi connectivity index (χ2v) is 14.0. The van der Waals surface area contributed by atoms with E-state index in [2.05, 4.69) is 10.3 Å². The first-order valence-corrected chi connectivity index (χ1v) is 18.0. The van der Waals surface area contributed by atoms with Crippen molar-refractivity contribution in [2.45, 2.75) is 109 Å². The first kappa shape index (κ1) is 37.1. The third-order valence-electron chi connectivity index (χ3n) is 8.24. The van der Waals surface area contributed by atoms with Gasteiger partial charge in [0.15, 0.2) is 0 Å². The van der Waals surface area contributed by atoms with Crippen molar-refractivity contribution in [1.29, 1.82) is 0 Å². The van der Waals surface area contributed by atoms with Crippen molar-refractivity contribution < 1.29 is 39.5 Å². The number of hydrogen-bond donors (Lipinski definition) is 6. The van der Waals surface area contributed by atoms with E-state index in [1.165, 1.54) is 26.8 Å². The second kappa shape index (κ2) is 18.7. The molecule has 6 N–H and O–H groups in total. The minimum atomic E-state index is -1.33. The number of unbranched alkanes of at least 4 members (excludes halogenated alkanes) is 6. The number of hydrogen-bond acceptors (Lipinski definition) is 11. The number of ether oxygens (including phenoxy) is 2. The van der Waals surface area contributed by atoms with Gasteiger partial charge in [0.05, 0.1) is 36.0 Å². The Labute approximate surface area is 271 Å². The monoisotopic (exact) mass is 668 g/mol. The molecule has 3 aliphatic rings. The topological polar surface area (TPSA) is 178 Å². The average molecular weight is 669 g/mol. The van der Waals surface area contributed by atoms with Crippen molar-refractivity contribution >= 4 is 38.2 Å². The SMILES string of the molecule is C/C(=C\C(=O)OCCCCCCCCCC(=O)Nc1c2sscc-2[nH]c1=O)C(O)[C@@H]1OC[C@H](C/C=C/[C@@H](C)[C@H](C)O)[C@@H](O)[C@H]1O. The van der Waals surface area contributed by atoms with E-state index in [1.807, 2.05) is 24.5 Å². The van der Waals surface area contributed by atoms with Crippen molar-refractivity contribution in [3.8, 4) is 10.6 Å². The lowest BCUT2D eigenvalue weighted by Gasteiger charge is -2.39. The summed E-state index contributed by atoms with van der Waals surface area (Å²) in [5.74, 6) is -1.13. The number of carbonyl (C=O) groups excluding carboxylic acids is 2. The van der Waals surface area contributed by atoms with E-state index >= 15 is 0 Å². The Morgan fingerprint density at radius 2 is 1.80 bits per heavy atom. The van der Waals surface area contributed by atoms with Crippen LogP contribution in [0.3, 0.4) is 0 Å². The number of fused-ring (bicyclic) bond motifs is 1. The average Bonchev–Trinajstić information content (AvgIpc) is 3.57. The number of rotatable bonds is 18. The highest BCUT2D eigenvalue weighted by atomic mass is 32.9. The Morgan fingerprint density at radius 1 is 1.11 bits per heavy atom. The van der Waals surface area contributed by atoms with Crippen LogP contribution in [-0.4, -0.2) is 81.0 Å². The van der Waals surface area contributed by atoms with Gasteiger partial charge in [0.1, 0.15) is 24.0 Å². The van der Waals surface area contributed by atoms with E-state index in [4.69, 9.17) is 9.47 Å². The summed E-state index contributed by atoms with van der Waals surface area (Å²) in [6.07, 6.45) is 6.69. The number of anilines is 1. The van der Waals surface area contributed by atoms with Crippen LogP contribution in [-0.2, 0) is 19.1 Å². The summed E-state index contributed by atoms with van der Waals surface area (Å²) >= 11 is 0. The van der Waals surface area contributed by atoms with Gasteiger partial charge in [-0.3, -0.25) is 9.59 Å². The van der Waals surface area contributed by atoms with E-state index in [-0.39, 0.29) is 42.1 Å². The Hall–Kier alpha value is -2.39. The quantitative estimate of drug-likeness (QED) is 0.0446. The molecule has 3 rings (SSSR count). The third kappa shape index (κ3) is 11.4. The molecule has 13 heteroatoms. The third-order valence-corrected chi connectivity index (χ3v) is 10.3. The van der Waals surface area contributed by atoms with E-state index < -0.39 is 36.5 Å². The molecule has 3 heterocycles. The zero-order chi connectivity index (χ0) is 32.9. The van der Waals surface area contributed by atoms with E-state index in [9.17, 15) is 34.8 Å². The highest BCUT2D eigenvalue weighted by Gasteiger charge is 2.41. The van der Waals surface area contributed by atoms with Crippen LogP contribution in [0.4, 0.5) is 5.69 Å². The second-order valence-electron chi connectivity index (χ2n) is 11.9. The summed E-state index contributed by atoms with van der Waals surface area (Å²) in [5, 5.41) is 46.0. The van der Waals surface area contributed by atoms with Crippen molar-refractivity contribution in [3.63, 3.8) is 0 Å². The molecule has 0 radical (unpaired) electrons. The Morgan fingerprint density at radius 3 is 2.51 bits per heavy atom. The molecule has 1 saturated heterocycles. The molecule has 11 nitrogen and oxygen atoms in total. The van der Waals surface area contributed by atoms with Crippen LogP contribution in [0, 0.1) is 11.8 Å². The van der Waals surface area contributed by atoms with Gasteiger partial charge >= 0.3 is 5.97 Å². The summed E-state index contributed by atoms with van der Waals surface area (Å²) in [7, 11) is 2.98. The number of amides is 1. The summed E-state index contributed by atoms with van der Waals surface area (Å²) in [6.45, 7) is 5.52. The van der Waals surface area contributed by atoms with Gasteiger partial charge < -0.3 is 40.2 Å². The largest absolute Gasteiger partial charge is 0.463 e. The lowest BCUT2D eigenvalue weighted by atomic mass is 9.86. The molecule has 0 bridgehead atoms. The summed E-state index contributed by atoms with van der Waals surface area (Å²) in [5.41, 5.74) is 1.12. The molecule has 0 saturated carbocycles. The summed E-state index contributed by atoms with van der Waals surface area (Å²) in [4.78, 5) is 40.0. The number of aromatic nitrogens is 1. The van der Waals surface area contributed by atoms with Gasteiger partial charge in [-0.1, -0.05) is 71.9 Å². The molecule has 1 amide bonds. The predicted molar refractivity (Wildman–Crippen MR) is 176 cm³/mol. The van der Waals surface area contributed by atoms with Crippen LogP contribution in [0.1, 0.15) is 78.6 Å². The minimum absolute atomic E-state index is 0.0347. The van der Waals surface area contributed by atoms with Crippen LogP contribution in [0.5, 0.6) is 0 Å². The van der Waals surface area contributed by atoms with Gasteiger partial charge in [-0.25, -0.2) is 4.79 Å². The Bertz CT molecular complexity index is 1280. The summed E-state index contributed by atoms with van der Waals surface area (Å²) in [6, 6.07) is 0. The molecular formula is C32H48N2O9S2. The number of carbonyl (C=O) groups is 2. The van der Waals surface area contributed by atoms with Gasteiger partial charge in [-0.2, -0.15) is 0 Å². The van der Waals surface area contributed by atoms with Gasteiger partial charge in [0, 0.05) is 23.8 Å². The molecule has 0 aromatic rings. The fourth-order valence-corrected chi connectivity index (χ4v) is 7.28. The summed E-state index contributed by atoms with van der Waals surface area (Å²) < 4.78 is 11.0. The van der Waals surface area contributed by atoms with Crippen LogP contribution < -0.4 is 10.9 Å². The molecule has 7 atom stereocenters. The number of nitrogens with one attached hydrogen (secondary N) is 2. The number of allylic oxidation sites excluding steroid dienone is 1. The molecule has 1 unspecified atom stereocenters. The smallest absolute Gasteiger partial charge is 0.330 e. The number of aliphatic hydroxyl groups excluding tert-OH is 4. The van der Waals surface area contributed by atoms with E-state index in [1.54, 1.807) is 13.8 Å². The van der Waals surface area contributed by atoms with Gasteiger partial charge in [-0.05, 0) is 44.6 Å². The first-order valence-electron chi connectivity index (χ1n) is 15.7. The molecule has 3 aliphatic heterocycles. The normalized spacial score (nSPS) is 22.9. The Balaban J connectivity index is 1.23. The number of aliphatic hydroxyl groups is 4. The van der Waals surface area contributed by atoms with Crippen LogP contribution >= 0.6 is 20.7 Å². The van der Waals surface area contributed by atoms with Crippen molar-refractivity contribution in [3.05, 3.63) is 39.5 Å². The maximum absolute atomic E-state index is 12.3. The van der Waals surface area contributed by atoms with Gasteiger partial charge in [-0.15, -0.1) is 0 Å². The molecule has 1 fully saturated rings. The number of aromatic amines is 1. The lowest BCUT2D eigenvalue weighted by molar-refractivity contribution is -0.187. The molecule has 45 heavy (non-hydrogen) atoms. The molecule has 0 aliphatic carbocycles. The van der Waals surface area contributed by atoms with E-state index in [0.29, 0.717) is 24.9 Å². The molecule has 252 valence electrons. The minimum Gasteiger partial charge on any atom is -0.463 e. The standard InChI is InChI=1S/C32H48N2O9S2/c1-19(21(3)35)12-11-13-22-17-43-30(29(40)28(22)39)27(38)20(2)16-25(37)42-15-10-8-6-4-5-7-9-14-24(36)34-26-31-23(18-44-45-31)33-32(26)41/h11-12,16,18-19,21-22,27-30,35,38-40H,4-10,13-15,17H2,1-3H3,(H,33,41)(H,34,36)/b12-11+,20-16+/t19-,21+,22+,27?,28-,29-,30+/m1/s1. The van der Waals surface area contributed by atoms with Crippen molar-refractivity contribution in [2.75, 3.05) is 18.5 Å². The number of H-pyrrole nitrogens is 1. The fraction of sp³-hybridized carbons (Fsp3) is 0.656. The molecule has 0 spiro atoms. The Kier molecular flexibility index (Phi) is 15.4. The van der Waals surface area contributed by atoms with Gasteiger partial charge in [0.25, 0.3) is 5.56 Å². The zero-order valence-corrected chi connectivity index (χ0v) is 27.9. The zero-order valence-electron chi connectivity index (χ0n) is 26.3. The maximum Gasteiger partial charge on any atom is 0.330 e. The van der Waals surface area contributed by atoms with Crippen molar-refractivity contribution in [2.24, 2.45) is 11.8 Å². The van der Waals surface area contributed by atoms with Gasteiger partial charge in [0.2, 0.25) is 5.91 Å². The first-order chi connectivity index (χ1) is 21.5. The molecule has 0 aromatic carbocycles. The highest BCUT2D eigenvalue weighted by Crippen LogP contribution is 2.35. The fourth-order valence-electron chi connectivity index (χ4n) is 5.12. The van der Waals surface area contributed by atoms with Crippen LogP contribution in [0.25, 0.3) is 10.6 Å². The number of esters is 1. The van der Waals surface area contributed by atoms with Crippen LogP contribution in [0.15, 0.2) is 34.0 Å². The van der Waals surface area contributed by atoms with Crippen LogP contribution in [0.2, 0.25) is 0 Å². The molecular weight excluding hydrogens is 620 g/mol. The molecule has 0 aromatic heterocycles. The maximum atomic E-state index is 12.3. The highest BCUT2D eigenvalue weighted by molar-refractivity contribution is 7.70. The predicted octanol–water partition coefficient (Wildman–Crippen LogP) is 4.21. The van der Waals surface area contributed by atoms with E-state index in [0.717, 1.165) is 49.1 Å². The lowest BCUT2D eigenvalue weighted by Crippen LogP contribution is -2.54. The van der Waals surface area contributed by atoms with Crippen molar-refractivity contribution in [1.82, 2.24) is 4.98 Å².